The van der Waals surface area contributed by atoms with Crippen molar-refractivity contribution in [1.29, 1.82) is 0 Å². The molecule has 0 heterocycles. The summed E-state index contributed by atoms with van der Waals surface area (Å²) in [6, 6.07) is 5.07. The van der Waals surface area contributed by atoms with Crippen LogP contribution in [0.1, 0.15) is 69.9 Å². The van der Waals surface area contributed by atoms with Crippen molar-refractivity contribution in [1.82, 2.24) is 0 Å². The second kappa shape index (κ2) is 13.8. The fraction of sp³-hybridized carbons (Fsp3) is 0.679. The third kappa shape index (κ3) is 7.92. The van der Waals surface area contributed by atoms with Crippen LogP contribution >= 0.6 is 0 Å². The Bertz CT molecular complexity index is 935. The largest absolute Gasteiger partial charge is 0.482 e. The maximum atomic E-state index is 12.5. The number of carbonyl (C=O) groups excluding carboxylic acids is 2. The Balaban J connectivity index is 1.78. The predicted octanol–water partition coefficient (Wildman–Crippen LogP) is 2.99. The Hall–Kier alpha value is -2.65. The van der Waals surface area contributed by atoms with Gasteiger partial charge in [-0.05, 0) is 86.8 Å². The van der Waals surface area contributed by atoms with E-state index in [4.69, 9.17) is 30.8 Å². The lowest BCUT2D eigenvalue weighted by molar-refractivity contribution is -0.152. The second-order valence-electron chi connectivity index (χ2n) is 10.5. The lowest BCUT2D eigenvalue weighted by atomic mass is 9.73. The van der Waals surface area contributed by atoms with Gasteiger partial charge >= 0.3 is 17.9 Å². The van der Waals surface area contributed by atoms with Crippen LogP contribution < -0.4 is 16.2 Å². The van der Waals surface area contributed by atoms with Crippen LogP contribution in [0.5, 0.6) is 5.75 Å². The molecule has 2 aliphatic rings. The van der Waals surface area contributed by atoms with Gasteiger partial charge in [-0.25, -0.2) is 4.79 Å². The highest BCUT2D eigenvalue weighted by Crippen LogP contribution is 2.49. The smallest absolute Gasteiger partial charge is 0.341 e. The quantitative estimate of drug-likeness (QED) is 0.249. The molecule has 1 aromatic carbocycles. The van der Waals surface area contributed by atoms with Gasteiger partial charge in [0.25, 0.3) is 0 Å². The molecule has 0 saturated heterocycles. The highest BCUT2D eigenvalue weighted by molar-refractivity contribution is 5.75. The molecule has 0 radical (unpaired) electrons. The Kier molecular flexibility index (Phi) is 10.8. The zero-order valence-electron chi connectivity index (χ0n) is 22.0. The molecule has 1 aromatic rings. The van der Waals surface area contributed by atoms with Gasteiger partial charge in [-0.1, -0.05) is 31.9 Å². The first-order valence-corrected chi connectivity index (χ1v) is 13.5. The fourth-order valence-electron chi connectivity index (χ4n) is 5.94. The van der Waals surface area contributed by atoms with Gasteiger partial charge in [0.05, 0.1) is 6.54 Å². The Labute approximate surface area is 219 Å². The molecule has 6 atom stereocenters. The minimum Gasteiger partial charge on any atom is -0.482 e. The lowest BCUT2D eigenvalue weighted by Gasteiger charge is -2.33. The molecule has 206 valence electrons. The van der Waals surface area contributed by atoms with E-state index in [9.17, 15) is 14.4 Å². The van der Waals surface area contributed by atoms with E-state index in [0.29, 0.717) is 18.6 Å². The Morgan fingerprint density at radius 2 is 1.95 bits per heavy atom. The van der Waals surface area contributed by atoms with E-state index in [2.05, 4.69) is 13.0 Å². The van der Waals surface area contributed by atoms with Gasteiger partial charge in [-0.3, -0.25) is 9.59 Å². The SMILES string of the molecule is CCCCC[C@@H](CC[C@@H]1[C@H]2Cc3cccc(OCC(=O)O)c3C[C@H]2C[C@H]1OC(=O)C(C)N)OC(=O)CN. The van der Waals surface area contributed by atoms with Crippen LogP contribution in [0.2, 0.25) is 0 Å². The van der Waals surface area contributed by atoms with E-state index in [0.717, 1.165) is 56.1 Å². The summed E-state index contributed by atoms with van der Waals surface area (Å²) in [5.74, 6) is -0.557. The van der Waals surface area contributed by atoms with E-state index in [1.807, 2.05) is 12.1 Å². The first-order chi connectivity index (χ1) is 17.7. The number of carboxylic acid groups (broad SMARTS) is 1. The minimum absolute atomic E-state index is 0.106. The molecule has 0 spiro atoms. The number of hydrogen-bond donors (Lipinski definition) is 3. The Morgan fingerprint density at radius 1 is 1.16 bits per heavy atom. The number of unbranched alkanes of at least 4 members (excludes halogenated alkanes) is 2. The van der Waals surface area contributed by atoms with Gasteiger partial charge < -0.3 is 30.8 Å². The monoisotopic (exact) mass is 518 g/mol. The predicted molar refractivity (Wildman–Crippen MR) is 138 cm³/mol. The van der Waals surface area contributed by atoms with Crippen molar-refractivity contribution in [3.05, 3.63) is 29.3 Å². The lowest BCUT2D eigenvalue weighted by Crippen LogP contribution is -2.35. The maximum absolute atomic E-state index is 12.5. The number of fused-ring (bicyclic) bond motifs is 2. The molecule has 37 heavy (non-hydrogen) atoms. The average molecular weight is 519 g/mol. The molecule has 3 rings (SSSR count). The van der Waals surface area contributed by atoms with E-state index in [1.54, 1.807) is 6.92 Å². The molecule has 0 amide bonds. The van der Waals surface area contributed by atoms with Crippen LogP contribution in [-0.2, 0) is 36.7 Å². The maximum Gasteiger partial charge on any atom is 0.341 e. The number of aliphatic carboxylic acids is 1. The topological polar surface area (TPSA) is 151 Å². The van der Waals surface area contributed by atoms with Gasteiger partial charge in [0.1, 0.15) is 24.0 Å². The number of carboxylic acids is 1. The van der Waals surface area contributed by atoms with Gasteiger partial charge in [0, 0.05) is 0 Å². The molecular formula is C28H42N2O7. The van der Waals surface area contributed by atoms with E-state index in [1.165, 1.54) is 0 Å². The summed E-state index contributed by atoms with van der Waals surface area (Å²) in [7, 11) is 0. The highest BCUT2D eigenvalue weighted by atomic mass is 16.5. The van der Waals surface area contributed by atoms with E-state index >= 15 is 0 Å². The first-order valence-electron chi connectivity index (χ1n) is 13.5. The van der Waals surface area contributed by atoms with Gasteiger partial charge in [-0.2, -0.15) is 0 Å². The second-order valence-corrected chi connectivity index (χ2v) is 10.5. The zero-order valence-corrected chi connectivity index (χ0v) is 22.0. The average Bonchev–Trinajstić information content (AvgIpc) is 3.19. The number of nitrogens with two attached hydrogens (primary N) is 2. The van der Waals surface area contributed by atoms with Crippen molar-refractivity contribution in [3.63, 3.8) is 0 Å². The molecule has 9 heteroatoms. The normalized spacial score (nSPS) is 23.9. The van der Waals surface area contributed by atoms with Gasteiger partial charge in [-0.15, -0.1) is 0 Å². The van der Waals surface area contributed by atoms with Gasteiger partial charge in [0.15, 0.2) is 6.61 Å². The summed E-state index contributed by atoms with van der Waals surface area (Å²) in [5, 5.41) is 9.05. The van der Waals surface area contributed by atoms with Crippen LogP contribution in [-0.4, -0.2) is 54.4 Å². The van der Waals surface area contributed by atoms with Crippen molar-refractivity contribution >= 4 is 17.9 Å². The summed E-state index contributed by atoms with van der Waals surface area (Å²) in [5.41, 5.74) is 13.5. The van der Waals surface area contributed by atoms with Crippen molar-refractivity contribution in [2.75, 3.05) is 13.2 Å². The molecule has 0 aromatic heterocycles. The van der Waals surface area contributed by atoms with Crippen molar-refractivity contribution in [2.24, 2.45) is 29.2 Å². The zero-order chi connectivity index (χ0) is 26.9. The van der Waals surface area contributed by atoms with Crippen molar-refractivity contribution < 1.29 is 33.7 Å². The molecule has 2 aliphatic carbocycles. The van der Waals surface area contributed by atoms with Gasteiger partial charge in [0.2, 0.25) is 0 Å². The molecular weight excluding hydrogens is 476 g/mol. The molecule has 1 fully saturated rings. The summed E-state index contributed by atoms with van der Waals surface area (Å²) in [6.45, 7) is 3.23. The molecule has 9 nitrogen and oxygen atoms in total. The van der Waals surface area contributed by atoms with Crippen LogP contribution in [0.4, 0.5) is 0 Å². The number of esters is 2. The molecule has 5 N–H and O–H groups in total. The molecule has 1 unspecified atom stereocenters. The van der Waals surface area contributed by atoms with E-state index in [-0.39, 0.29) is 43.1 Å². The third-order valence-corrected chi connectivity index (χ3v) is 7.73. The first kappa shape index (κ1) is 28.9. The van der Waals surface area contributed by atoms with Crippen LogP contribution in [0.15, 0.2) is 18.2 Å². The number of ether oxygens (including phenoxy) is 3. The standard InChI is InChI=1S/C28H42N2O7/c1-3-4-5-8-20(36-27(33)15-29)10-11-21-22-12-18-7-6-9-24(35-16-26(31)32)23(18)13-19(22)14-25(21)37-28(34)17(2)30/h6-7,9,17,19-22,25H,3-5,8,10-16,29-30H2,1-2H3,(H,31,32)/t17?,19-,20-,21+,22-,25+/m0/s1. The van der Waals surface area contributed by atoms with Crippen LogP contribution in [0.3, 0.4) is 0 Å². The number of carbonyl (C=O) groups is 3. The fourth-order valence-corrected chi connectivity index (χ4v) is 5.94. The molecule has 0 bridgehead atoms. The number of benzene rings is 1. The third-order valence-electron chi connectivity index (χ3n) is 7.73. The summed E-state index contributed by atoms with van der Waals surface area (Å²) < 4.78 is 17.2. The molecule has 0 aliphatic heterocycles. The summed E-state index contributed by atoms with van der Waals surface area (Å²) >= 11 is 0. The van der Waals surface area contributed by atoms with Crippen molar-refractivity contribution in [3.8, 4) is 5.75 Å². The Morgan fingerprint density at radius 3 is 2.62 bits per heavy atom. The summed E-state index contributed by atoms with van der Waals surface area (Å²) in [6.07, 6.45) is 7.13. The van der Waals surface area contributed by atoms with Crippen LogP contribution in [0, 0.1) is 17.8 Å². The van der Waals surface area contributed by atoms with Crippen LogP contribution in [0.25, 0.3) is 0 Å². The number of rotatable bonds is 14. The highest BCUT2D eigenvalue weighted by Gasteiger charge is 2.47. The summed E-state index contributed by atoms with van der Waals surface area (Å²) in [4.78, 5) is 35.5. The minimum atomic E-state index is -1.01. The van der Waals surface area contributed by atoms with Crippen molar-refractivity contribution in [2.45, 2.75) is 89.9 Å². The van der Waals surface area contributed by atoms with E-state index < -0.39 is 23.9 Å². The molecule has 1 saturated carbocycles. The number of hydrogen-bond acceptors (Lipinski definition) is 8.